The van der Waals surface area contributed by atoms with E-state index in [1.54, 1.807) is 40.9 Å². The Morgan fingerprint density at radius 2 is 1.83 bits per heavy atom. The van der Waals surface area contributed by atoms with Gasteiger partial charge in [0, 0.05) is 36.1 Å². The van der Waals surface area contributed by atoms with Gasteiger partial charge in [0.05, 0.1) is 5.03 Å². The minimum absolute atomic E-state index is 0.132. The molecule has 0 aliphatic heterocycles. The number of anilines is 2. The lowest BCUT2D eigenvalue weighted by molar-refractivity contribution is 0.0989. The molecular weight excluding hydrogens is 394 g/mol. The van der Waals surface area contributed by atoms with E-state index < -0.39 is 0 Å². The van der Waals surface area contributed by atoms with E-state index in [0.717, 1.165) is 22.8 Å². The van der Waals surface area contributed by atoms with Crippen LogP contribution >= 0.6 is 11.8 Å². The lowest BCUT2D eigenvalue weighted by atomic mass is 10.1. The Bertz CT molecular complexity index is 918. The van der Waals surface area contributed by atoms with Crippen LogP contribution in [0.15, 0.2) is 71.1 Å². The van der Waals surface area contributed by atoms with Crippen molar-refractivity contribution >= 4 is 29.0 Å². The number of carbonyl (C=O) groups excluding carboxylic acids is 1. The largest absolute Gasteiger partial charge is 0.508 e. The van der Waals surface area contributed by atoms with Gasteiger partial charge >= 0.3 is 0 Å². The fraction of sp³-hybridized carbons (Fsp3) is 0.292. The Labute approximate surface area is 182 Å². The second kappa shape index (κ2) is 9.76. The van der Waals surface area contributed by atoms with Crippen molar-refractivity contribution in [3.05, 3.63) is 76.7 Å². The highest BCUT2D eigenvalue weighted by Crippen LogP contribution is 2.34. The van der Waals surface area contributed by atoms with E-state index in [1.807, 2.05) is 19.1 Å². The maximum absolute atomic E-state index is 13.2. The standard InChI is InChI=1S/C24H29N3O2S/c1-4-26(21-11-12-21)18(3)30-16-17(2)15-27(22-9-7-20(25)8-10-22)24(29)19-5-13-23(28)14-6-19/h5-10,13-14,16,21,28H,3-4,11-12,15,25H2,1-2H3/b17-16+. The zero-order valence-electron chi connectivity index (χ0n) is 17.5. The van der Waals surface area contributed by atoms with Crippen molar-refractivity contribution in [2.75, 3.05) is 23.7 Å². The average molecular weight is 424 g/mol. The number of aromatic hydroxyl groups is 1. The molecule has 0 bridgehead atoms. The van der Waals surface area contributed by atoms with Crippen molar-refractivity contribution in [2.24, 2.45) is 0 Å². The summed E-state index contributed by atoms with van der Waals surface area (Å²) in [6.07, 6.45) is 2.48. The number of benzene rings is 2. The van der Waals surface area contributed by atoms with Gasteiger partial charge in [0.2, 0.25) is 0 Å². The summed E-state index contributed by atoms with van der Waals surface area (Å²) >= 11 is 1.61. The van der Waals surface area contributed by atoms with E-state index in [0.29, 0.717) is 23.8 Å². The first kappa shape index (κ1) is 21.8. The fourth-order valence-corrected chi connectivity index (χ4v) is 4.07. The van der Waals surface area contributed by atoms with Crippen LogP contribution in [0.1, 0.15) is 37.0 Å². The number of nitrogen functional groups attached to an aromatic ring is 1. The summed E-state index contributed by atoms with van der Waals surface area (Å²) in [5.41, 5.74) is 8.81. The van der Waals surface area contributed by atoms with Crippen LogP contribution in [0.2, 0.25) is 0 Å². The summed E-state index contributed by atoms with van der Waals surface area (Å²) in [7, 11) is 0. The van der Waals surface area contributed by atoms with Gasteiger partial charge in [-0.05, 0) is 86.2 Å². The predicted molar refractivity (Wildman–Crippen MR) is 127 cm³/mol. The Morgan fingerprint density at radius 1 is 1.20 bits per heavy atom. The number of hydrogen-bond donors (Lipinski definition) is 2. The van der Waals surface area contributed by atoms with Crippen LogP contribution < -0.4 is 10.6 Å². The van der Waals surface area contributed by atoms with Crippen LogP contribution in [0.5, 0.6) is 5.75 Å². The Kier molecular flexibility index (Phi) is 7.11. The van der Waals surface area contributed by atoms with Crippen LogP contribution in [0.3, 0.4) is 0 Å². The molecular formula is C24H29N3O2S. The second-order valence-electron chi connectivity index (χ2n) is 7.52. The number of phenolic OH excluding ortho intramolecular Hbond substituents is 1. The average Bonchev–Trinajstić information content (AvgIpc) is 3.57. The quantitative estimate of drug-likeness (QED) is 0.542. The fourth-order valence-electron chi connectivity index (χ4n) is 3.24. The minimum Gasteiger partial charge on any atom is -0.508 e. The normalized spacial score (nSPS) is 13.7. The number of rotatable bonds is 9. The maximum atomic E-state index is 13.2. The van der Waals surface area contributed by atoms with Crippen molar-refractivity contribution in [3.63, 3.8) is 0 Å². The third kappa shape index (κ3) is 5.60. The number of phenols is 1. The zero-order chi connectivity index (χ0) is 21.7. The Hall–Kier alpha value is -2.86. The molecule has 2 aromatic carbocycles. The van der Waals surface area contributed by atoms with Crippen molar-refractivity contribution in [2.45, 2.75) is 32.7 Å². The number of nitrogens with zero attached hydrogens (tertiary/aromatic N) is 2. The Balaban J connectivity index is 1.77. The van der Waals surface area contributed by atoms with Crippen LogP contribution in [0, 0.1) is 0 Å². The van der Waals surface area contributed by atoms with E-state index >= 15 is 0 Å². The molecule has 3 rings (SSSR count). The third-order valence-electron chi connectivity index (χ3n) is 5.02. The SMILES string of the molecule is C=C(S/C=C(\C)CN(C(=O)c1ccc(O)cc1)c1ccc(N)cc1)N(CC)C1CC1. The molecule has 1 saturated carbocycles. The predicted octanol–water partition coefficient (Wildman–Crippen LogP) is 5.21. The molecule has 1 aliphatic rings. The lowest BCUT2D eigenvalue weighted by Crippen LogP contribution is -2.32. The molecule has 1 fully saturated rings. The van der Waals surface area contributed by atoms with Crippen LogP contribution in [-0.4, -0.2) is 35.0 Å². The van der Waals surface area contributed by atoms with Gasteiger partial charge in [0.15, 0.2) is 0 Å². The van der Waals surface area contributed by atoms with Crippen LogP contribution in [0.4, 0.5) is 11.4 Å². The monoisotopic (exact) mass is 423 g/mol. The molecule has 0 aromatic heterocycles. The first-order valence-electron chi connectivity index (χ1n) is 10.1. The second-order valence-corrected chi connectivity index (χ2v) is 8.47. The number of hydrogen-bond acceptors (Lipinski definition) is 5. The van der Waals surface area contributed by atoms with Gasteiger partial charge in [-0.3, -0.25) is 4.79 Å². The molecule has 2 aromatic rings. The molecule has 0 spiro atoms. The van der Waals surface area contributed by atoms with Crippen molar-refractivity contribution in [1.29, 1.82) is 0 Å². The van der Waals surface area contributed by atoms with Crippen LogP contribution in [0.25, 0.3) is 0 Å². The summed E-state index contributed by atoms with van der Waals surface area (Å²) < 4.78 is 0. The highest BCUT2D eigenvalue weighted by molar-refractivity contribution is 8.05. The molecule has 1 aliphatic carbocycles. The Morgan fingerprint density at radius 3 is 2.40 bits per heavy atom. The van der Waals surface area contributed by atoms with E-state index in [4.69, 9.17) is 5.73 Å². The summed E-state index contributed by atoms with van der Waals surface area (Å²) in [4.78, 5) is 17.3. The smallest absolute Gasteiger partial charge is 0.258 e. The van der Waals surface area contributed by atoms with E-state index in [2.05, 4.69) is 23.8 Å². The number of amides is 1. The number of thioether (sulfide) groups is 1. The molecule has 3 N–H and O–H groups in total. The molecule has 0 unspecified atom stereocenters. The van der Waals surface area contributed by atoms with Crippen molar-refractivity contribution < 1.29 is 9.90 Å². The highest BCUT2D eigenvalue weighted by atomic mass is 32.2. The van der Waals surface area contributed by atoms with E-state index in [9.17, 15) is 9.90 Å². The first-order valence-corrected chi connectivity index (χ1v) is 11.0. The van der Waals surface area contributed by atoms with E-state index in [-0.39, 0.29) is 11.7 Å². The maximum Gasteiger partial charge on any atom is 0.258 e. The molecule has 6 heteroatoms. The topological polar surface area (TPSA) is 69.8 Å². The summed E-state index contributed by atoms with van der Waals surface area (Å²) in [6.45, 7) is 9.79. The number of nitrogens with two attached hydrogens (primary N) is 1. The number of carbonyl (C=O) groups is 1. The van der Waals surface area contributed by atoms with E-state index in [1.165, 1.54) is 25.0 Å². The minimum atomic E-state index is -0.135. The van der Waals surface area contributed by atoms with Gasteiger partial charge in [-0.2, -0.15) is 0 Å². The molecule has 0 saturated heterocycles. The molecule has 5 nitrogen and oxygen atoms in total. The third-order valence-corrected chi connectivity index (χ3v) is 6.04. The highest BCUT2D eigenvalue weighted by Gasteiger charge is 2.28. The molecule has 0 heterocycles. The van der Waals surface area contributed by atoms with Gasteiger partial charge in [-0.1, -0.05) is 18.3 Å². The summed E-state index contributed by atoms with van der Waals surface area (Å²) in [5.74, 6) is -0.00257. The summed E-state index contributed by atoms with van der Waals surface area (Å²) in [5, 5.41) is 12.7. The van der Waals surface area contributed by atoms with Gasteiger partial charge < -0.3 is 20.6 Å². The summed E-state index contributed by atoms with van der Waals surface area (Å²) in [6, 6.07) is 14.2. The lowest BCUT2D eigenvalue weighted by Gasteiger charge is -2.25. The molecule has 0 radical (unpaired) electrons. The van der Waals surface area contributed by atoms with Gasteiger partial charge in [-0.15, -0.1) is 0 Å². The van der Waals surface area contributed by atoms with Gasteiger partial charge in [0.1, 0.15) is 5.75 Å². The van der Waals surface area contributed by atoms with Crippen molar-refractivity contribution in [1.82, 2.24) is 4.90 Å². The first-order chi connectivity index (χ1) is 14.4. The van der Waals surface area contributed by atoms with Crippen LogP contribution in [-0.2, 0) is 0 Å². The molecule has 1 amide bonds. The van der Waals surface area contributed by atoms with Gasteiger partial charge in [-0.25, -0.2) is 0 Å². The molecule has 158 valence electrons. The van der Waals surface area contributed by atoms with Crippen molar-refractivity contribution in [3.8, 4) is 5.75 Å². The molecule has 30 heavy (non-hydrogen) atoms. The molecule has 0 atom stereocenters. The zero-order valence-corrected chi connectivity index (χ0v) is 18.4. The van der Waals surface area contributed by atoms with Gasteiger partial charge in [0.25, 0.3) is 5.91 Å².